The van der Waals surface area contributed by atoms with Crippen LogP contribution in [0.2, 0.25) is 0 Å². The molecule has 0 unspecified atom stereocenters. The molecule has 0 aromatic heterocycles. The number of hydrogen-bond donors (Lipinski definition) is 1. The summed E-state index contributed by atoms with van der Waals surface area (Å²) in [6.07, 6.45) is 3.49. The first-order chi connectivity index (χ1) is 12.1. The van der Waals surface area contributed by atoms with Gasteiger partial charge in [-0.15, -0.1) is 0 Å². The van der Waals surface area contributed by atoms with Crippen LogP contribution in [-0.2, 0) is 32.3 Å². The van der Waals surface area contributed by atoms with Crippen LogP contribution in [0.1, 0.15) is 36.8 Å². The Morgan fingerprint density at radius 2 is 1.72 bits per heavy atom. The number of ether oxygens (including phenoxy) is 1. The molecule has 1 saturated carbocycles. The predicted octanol–water partition coefficient (Wildman–Crippen LogP) is 1.62. The van der Waals surface area contributed by atoms with Gasteiger partial charge in [0.1, 0.15) is 6.54 Å². The van der Waals surface area contributed by atoms with E-state index in [0.29, 0.717) is 13.2 Å². The summed E-state index contributed by atoms with van der Waals surface area (Å²) in [7, 11) is 1.62. The average Bonchev–Trinajstić information content (AvgIpc) is 2.87. The van der Waals surface area contributed by atoms with Crippen molar-refractivity contribution in [1.82, 2.24) is 10.2 Å². The summed E-state index contributed by atoms with van der Waals surface area (Å²) in [4.78, 5) is 38.2. The normalized spacial score (nSPS) is 22.8. The van der Waals surface area contributed by atoms with Crippen molar-refractivity contribution in [1.29, 1.82) is 0 Å². The molecular weight excluding hydrogens is 320 g/mol. The maximum absolute atomic E-state index is 12.4. The fourth-order valence-electron chi connectivity index (χ4n) is 3.81. The second-order valence-corrected chi connectivity index (χ2v) is 6.74. The zero-order valence-electron chi connectivity index (χ0n) is 14.5. The van der Waals surface area contributed by atoms with Crippen molar-refractivity contribution in [2.75, 3.05) is 13.7 Å². The SMILES string of the molecule is COCc1ccccc1CNC(=O)CN1C(=O)[C@H]2CCCC[C@H]2C1=O. The molecule has 1 heterocycles. The topological polar surface area (TPSA) is 75.7 Å². The lowest BCUT2D eigenvalue weighted by Gasteiger charge is -2.19. The molecule has 1 saturated heterocycles. The Kier molecular flexibility index (Phi) is 5.48. The van der Waals surface area contributed by atoms with Gasteiger partial charge in [-0.1, -0.05) is 37.1 Å². The molecule has 1 aromatic carbocycles. The zero-order chi connectivity index (χ0) is 17.8. The largest absolute Gasteiger partial charge is 0.380 e. The van der Waals surface area contributed by atoms with E-state index in [1.807, 2.05) is 24.3 Å². The van der Waals surface area contributed by atoms with Crippen LogP contribution in [0.3, 0.4) is 0 Å². The minimum atomic E-state index is -0.312. The van der Waals surface area contributed by atoms with Crippen molar-refractivity contribution in [2.45, 2.75) is 38.8 Å². The molecule has 1 aliphatic heterocycles. The number of nitrogens with one attached hydrogen (secondary N) is 1. The fraction of sp³-hybridized carbons (Fsp3) is 0.526. The predicted molar refractivity (Wildman–Crippen MR) is 91.2 cm³/mol. The van der Waals surface area contributed by atoms with E-state index >= 15 is 0 Å². The van der Waals surface area contributed by atoms with Gasteiger partial charge in [-0.05, 0) is 24.0 Å². The van der Waals surface area contributed by atoms with Crippen LogP contribution in [0.5, 0.6) is 0 Å². The Morgan fingerprint density at radius 3 is 2.32 bits per heavy atom. The van der Waals surface area contributed by atoms with Gasteiger partial charge >= 0.3 is 0 Å². The number of imide groups is 1. The van der Waals surface area contributed by atoms with Crippen molar-refractivity contribution in [2.24, 2.45) is 11.8 Å². The second-order valence-electron chi connectivity index (χ2n) is 6.74. The van der Waals surface area contributed by atoms with Crippen LogP contribution in [0.15, 0.2) is 24.3 Å². The first-order valence-corrected chi connectivity index (χ1v) is 8.79. The van der Waals surface area contributed by atoms with Crippen LogP contribution in [-0.4, -0.2) is 36.3 Å². The first kappa shape index (κ1) is 17.6. The molecule has 1 aromatic rings. The molecule has 2 fully saturated rings. The monoisotopic (exact) mass is 344 g/mol. The minimum Gasteiger partial charge on any atom is -0.380 e. The molecule has 0 radical (unpaired) electrons. The van der Waals surface area contributed by atoms with Crippen LogP contribution >= 0.6 is 0 Å². The van der Waals surface area contributed by atoms with E-state index in [1.165, 1.54) is 0 Å². The number of likely N-dealkylation sites (tertiary alicyclic amines) is 1. The average molecular weight is 344 g/mol. The van der Waals surface area contributed by atoms with E-state index in [9.17, 15) is 14.4 Å². The van der Waals surface area contributed by atoms with E-state index < -0.39 is 0 Å². The number of methoxy groups -OCH3 is 1. The summed E-state index contributed by atoms with van der Waals surface area (Å²) in [6, 6.07) is 7.69. The molecule has 134 valence electrons. The Hall–Kier alpha value is -2.21. The fourth-order valence-corrected chi connectivity index (χ4v) is 3.81. The molecule has 2 aliphatic rings. The van der Waals surface area contributed by atoms with E-state index in [4.69, 9.17) is 4.74 Å². The van der Waals surface area contributed by atoms with E-state index in [-0.39, 0.29) is 36.1 Å². The molecular formula is C19H24N2O4. The first-order valence-electron chi connectivity index (χ1n) is 8.79. The van der Waals surface area contributed by atoms with Crippen molar-refractivity contribution < 1.29 is 19.1 Å². The highest BCUT2D eigenvalue weighted by atomic mass is 16.5. The Balaban J connectivity index is 1.58. The van der Waals surface area contributed by atoms with Gasteiger partial charge in [0.2, 0.25) is 17.7 Å². The highest BCUT2D eigenvalue weighted by molar-refractivity contribution is 6.07. The smallest absolute Gasteiger partial charge is 0.240 e. The molecule has 1 aliphatic carbocycles. The van der Waals surface area contributed by atoms with Crippen molar-refractivity contribution >= 4 is 17.7 Å². The number of carbonyl (C=O) groups excluding carboxylic acids is 3. The number of fused-ring (bicyclic) bond motifs is 1. The van der Waals surface area contributed by atoms with E-state index in [2.05, 4.69) is 5.32 Å². The van der Waals surface area contributed by atoms with Crippen LogP contribution in [0.4, 0.5) is 0 Å². The number of carbonyl (C=O) groups is 3. The van der Waals surface area contributed by atoms with Crippen molar-refractivity contribution in [3.63, 3.8) is 0 Å². The molecule has 25 heavy (non-hydrogen) atoms. The maximum atomic E-state index is 12.4. The lowest BCUT2D eigenvalue weighted by molar-refractivity contribution is -0.143. The molecule has 3 rings (SSSR count). The standard InChI is InChI=1S/C19H24N2O4/c1-25-12-14-7-3-2-6-13(14)10-20-17(22)11-21-18(23)15-8-4-5-9-16(15)19(21)24/h2-3,6-7,15-16H,4-5,8-12H2,1H3,(H,20,22)/t15-,16+. The summed E-state index contributed by atoms with van der Waals surface area (Å²) in [6.45, 7) is 0.636. The summed E-state index contributed by atoms with van der Waals surface area (Å²) in [5, 5.41) is 2.81. The summed E-state index contributed by atoms with van der Waals surface area (Å²) in [5.41, 5.74) is 1.97. The minimum absolute atomic E-state index is 0.176. The molecule has 6 nitrogen and oxygen atoms in total. The number of benzene rings is 1. The van der Waals surface area contributed by atoms with Gasteiger partial charge in [-0.2, -0.15) is 0 Å². The summed E-state index contributed by atoms with van der Waals surface area (Å²) >= 11 is 0. The van der Waals surface area contributed by atoms with Gasteiger partial charge in [0, 0.05) is 13.7 Å². The van der Waals surface area contributed by atoms with Crippen LogP contribution in [0.25, 0.3) is 0 Å². The maximum Gasteiger partial charge on any atom is 0.240 e. The highest BCUT2D eigenvalue weighted by Gasteiger charge is 2.48. The zero-order valence-corrected chi connectivity index (χ0v) is 14.5. The third kappa shape index (κ3) is 3.74. The van der Waals surface area contributed by atoms with Gasteiger partial charge in [-0.3, -0.25) is 19.3 Å². The van der Waals surface area contributed by atoms with Gasteiger partial charge in [0.25, 0.3) is 0 Å². The Bertz CT molecular complexity index is 649. The van der Waals surface area contributed by atoms with Gasteiger partial charge in [0.05, 0.1) is 18.4 Å². The molecule has 3 amide bonds. The summed E-state index contributed by atoms with van der Waals surface area (Å²) in [5.74, 6) is -1.09. The van der Waals surface area contributed by atoms with Gasteiger partial charge < -0.3 is 10.1 Å². The van der Waals surface area contributed by atoms with Gasteiger partial charge in [-0.25, -0.2) is 0 Å². The lowest BCUT2D eigenvalue weighted by Crippen LogP contribution is -2.40. The quantitative estimate of drug-likeness (QED) is 0.796. The number of rotatable bonds is 6. The number of hydrogen-bond acceptors (Lipinski definition) is 4. The highest BCUT2D eigenvalue weighted by Crippen LogP contribution is 2.37. The third-order valence-corrected chi connectivity index (χ3v) is 5.13. The second kappa shape index (κ2) is 7.78. The number of amides is 3. The molecule has 6 heteroatoms. The van der Waals surface area contributed by atoms with E-state index in [1.54, 1.807) is 7.11 Å². The third-order valence-electron chi connectivity index (χ3n) is 5.13. The molecule has 1 N–H and O–H groups in total. The van der Waals surface area contributed by atoms with Gasteiger partial charge in [0.15, 0.2) is 0 Å². The Labute approximate surface area is 147 Å². The molecule has 2 atom stereocenters. The van der Waals surface area contributed by atoms with E-state index in [0.717, 1.165) is 41.7 Å². The van der Waals surface area contributed by atoms with Crippen molar-refractivity contribution in [3.8, 4) is 0 Å². The molecule has 0 spiro atoms. The summed E-state index contributed by atoms with van der Waals surface area (Å²) < 4.78 is 5.16. The lowest BCUT2D eigenvalue weighted by atomic mass is 9.81. The molecule has 0 bridgehead atoms. The van der Waals surface area contributed by atoms with Crippen molar-refractivity contribution in [3.05, 3.63) is 35.4 Å². The Morgan fingerprint density at radius 1 is 1.12 bits per heavy atom. The number of nitrogens with zero attached hydrogens (tertiary/aromatic N) is 1. The van der Waals surface area contributed by atoms with Crippen LogP contribution in [0, 0.1) is 11.8 Å². The van der Waals surface area contributed by atoms with Crippen LogP contribution < -0.4 is 5.32 Å².